The lowest BCUT2D eigenvalue weighted by molar-refractivity contribution is 0.240. The van der Waals surface area contributed by atoms with Crippen molar-refractivity contribution in [1.82, 2.24) is 9.88 Å². The second-order valence-corrected chi connectivity index (χ2v) is 6.15. The van der Waals surface area contributed by atoms with Gasteiger partial charge in [0, 0.05) is 16.1 Å². The van der Waals surface area contributed by atoms with Crippen LogP contribution in [0.15, 0.2) is 30.5 Å². The Morgan fingerprint density at radius 2 is 2.10 bits per heavy atom. The van der Waals surface area contributed by atoms with Crippen LogP contribution in [0.4, 0.5) is 5.13 Å². The van der Waals surface area contributed by atoms with E-state index in [0.29, 0.717) is 5.13 Å². The zero-order valence-corrected chi connectivity index (χ0v) is 13.4. The van der Waals surface area contributed by atoms with Crippen LogP contribution in [0.1, 0.15) is 36.8 Å². The van der Waals surface area contributed by atoms with Gasteiger partial charge in [-0.05, 0) is 31.1 Å². The summed E-state index contributed by atoms with van der Waals surface area (Å²) < 4.78 is 0. The molecular weight excluding hydrogens is 290 g/mol. The van der Waals surface area contributed by atoms with E-state index in [1.165, 1.54) is 11.3 Å². The number of rotatable bonds is 6. The third kappa shape index (κ3) is 3.32. The number of nitrogens with two attached hydrogens (primary N) is 1. The summed E-state index contributed by atoms with van der Waals surface area (Å²) in [6.07, 6.45) is 2.97. The second kappa shape index (κ2) is 7.07. The molecule has 0 radical (unpaired) electrons. The summed E-state index contributed by atoms with van der Waals surface area (Å²) in [7, 11) is 0. The van der Waals surface area contributed by atoms with E-state index in [1.807, 2.05) is 24.4 Å². The summed E-state index contributed by atoms with van der Waals surface area (Å²) in [5, 5.41) is 1.39. The minimum atomic E-state index is 0.128. The van der Waals surface area contributed by atoms with E-state index in [4.69, 9.17) is 17.3 Å². The van der Waals surface area contributed by atoms with E-state index in [-0.39, 0.29) is 6.04 Å². The quantitative estimate of drug-likeness (QED) is 0.869. The van der Waals surface area contributed by atoms with Crippen LogP contribution in [0, 0.1) is 0 Å². The van der Waals surface area contributed by atoms with Gasteiger partial charge in [-0.25, -0.2) is 4.98 Å². The number of nitrogens with zero attached hydrogens (tertiary/aromatic N) is 2. The fraction of sp³-hybridized carbons (Fsp3) is 0.400. The molecule has 0 bridgehead atoms. The number of benzene rings is 1. The normalized spacial score (nSPS) is 12.8. The minimum Gasteiger partial charge on any atom is -0.375 e. The van der Waals surface area contributed by atoms with Crippen molar-refractivity contribution in [2.24, 2.45) is 0 Å². The van der Waals surface area contributed by atoms with E-state index in [2.05, 4.69) is 29.8 Å². The van der Waals surface area contributed by atoms with Crippen LogP contribution >= 0.6 is 22.9 Å². The first-order valence-electron chi connectivity index (χ1n) is 6.87. The minimum absolute atomic E-state index is 0.128. The molecule has 0 aliphatic carbocycles. The fourth-order valence-corrected chi connectivity index (χ4v) is 3.49. The largest absolute Gasteiger partial charge is 0.375 e. The SMILES string of the molecule is CCCN(CC)C(c1cnc(N)s1)c1ccccc1Cl. The number of anilines is 1. The smallest absolute Gasteiger partial charge is 0.180 e. The molecule has 0 aliphatic heterocycles. The van der Waals surface area contributed by atoms with Crippen molar-refractivity contribution in [2.45, 2.75) is 26.3 Å². The maximum atomic E-state index is 6.40. The summed E-state index contributed by atoms with van der Waals surface area (Å²) in [6, 6.07) is 8.14. The molecule has 0 aliphatic rings. The Kier molecular flexibility index (Phi) is 5.40. The molecule has 20 heavy (non-hydrogen) atoms. The Balaban J connectivity index is 2.46. The van der Waals surface area contributed by atoms with Crippen molar-refractivity contribution in [3.05, 3.63) is 45.9 Å². The predicted octanol–water partition coefficient (Wildman–Crippen LogP) is 4.20. The summed E-state index contributed by atoms with van der Waals surface area (Å²) in [6.45, 7) is 6.34. The molecule has 1 atom stereocenters. The van der Waals surface area contributed by atoms with E-state index in [9.17, 15) is 0 Å². The lowest BCUT2D eigenvalue weighted by Crippen LogP contribution is -2.30. The van der Waals surface area contributed by atoms with Gasteiger partial charge in [-0.1, -0.05) is 43.6 Å². The van der Waals surface area contributed by atoms with Crippen molar-refractivity contribution in [1.29, 1.82) is 0 Å². The van der Waals surface area contributed by atoms with Crippen molar-refractivity contribution in [2.75, 3.05) is 18.8 Å². The topological polar surface area (TPSA) is 42.2 Å². The number of hydrogen-bond donors (Lipinski definition) is 1. The highest BCUT2D eigenvalue weighted by molar-refractivity contribution is 7.15. The number of aromatic nitrogens is 1. The third-order valence-electron chi connectivity index (χ3n) is 3.29. The van der Waals surface area contributed by atoms with Gasteiger partial charge in [0.25, 0.3) is 0 Å². The Morgan fingerprint density at radius 3 is 2.65 bits per heavy atom. The van der Waals surface area contributed by atoms with E-state index < -0.39 is 0 Å². The zero-order chi connectivity index (χ0) is 14.5. The molecule has 0 spiro atoms. The van der Waals surface area contributed by atoms with Crippen LogP contribution in [0.25, 0.3) is 0 Å². The van der Waals surface area contributed by atoms with Gasteiger partial charge in [-0.3, -0.25) is 4.90 Å². The summed E-state index contributed by atoms with van der Waals surface area (Å²) in [4.78, 5) is 7.75. The summed E-state index contributed by atoms with van der Waals surface area (Å²) in [5.41, 5.74) is 6.92. The predicted molar refractivity (Wildman–Crippen MR) is 87.4 cm³/mol. The molecule has 1 unspecified atom stereocenters. The van der Waals surface area contributed by atoms with E-state index in [1.54, 1.807) is 0 Å². The molecule has 2 aromatic rings. The number of nitrogen functional groups attached to an aromatic ring is 1. The van der Waals surface area contributed by atoms with Gasteiger partial charge < -0.3 is 5.73 Å². The molecule has 0 saturated carbocycles. The van der Waals surface area contributed by atoms with Crippen LogP contribution in [0.5, 0.6) is 0 Å². The number of thiazole rings is 1. The Labute approximate surface area is 129 Å². The molecule has 3 nitrogen and oxygen atoms in total. The Morgan fingerprint density at radius 1 is 1.35 bits per heavy atom. The van der Waals surface area contributed by atoms with Gasteiger partial charge in [-0.15, -0.1) is 11.3 Å². The van der Waals surface area contributed by atoms with E-state index in [0.717, 1.165) is 35.0 Å². The molecule has 108 valence electrons. The third-order valence-corrected chi connectivity index (χ3v) is 4.52. The molecule has 1 aromatic carbocycles. The van der Waals surface area contributed by atoms with Crippen LogP contribution in [0.3, 0.4) is 0 Å². The van der Waals surface area contributed by atoms with Gasteiger partial charge in [0.1, 0.15) is 0 Å². The first kappa shape index (κ1) is 15.3. The molecule has 0 saturated heterocycles. The molecule has 1 aromatic heterocycles. The van der Waals surface area contributed by atoms with Crippen LogP contribution in [-0.2, 0) is 0 Å². The van der Waals surface area contributed by atoms with Crippen LogP contribution in [-0.4, -0.2) is 23.0 Å². The average Bonchev–Trinajstić information content (AvgIpc) is 2.86. The highest BCUT2D eigenvalue weighted by Gasteiger charge is 2.24. The Hall–Kier alpha value is -1.10. The van der Waals surface area contributed by atoms with Crippen molar-refractivity contribution < 1.29 is 0 Å². The summed E-state index contributed by atoms with van der Waals surface area (Å²) >= 11 is 7.94. The van der Waals surface area contributed by atoms with Gasteiger partial charge in [0.2, 0.25) is 0 Å². The lowest BCUT2D eigenvalue weighted by Gasteiger charge is -2.30. The van der Waals surface area contributed by atoms with Crippen LogP contribution < -0.4 is 5.73 Å². The summed E-state index contributed by atoms with van der Waals surface area (Å²) in [5.74, 6) is 0. The molecule has 0 fully saturated rings. The van der Waals surface area contributed by atoms with Gasteiger partial charge >= 0.3 is 0 Å². The highest BCUT2D eigenvalue weighted by Crippen LogP contribution is 2.36. The zero-order valence-electron chi connectivity index (χ0n) is 11.8. The molecule has 5 heteroatoms. The number of halogens is 1. The molecular formula is C15H20ClN3S. The van der Waals surface area contributed by atoms with Crippen LogP contribution in [0.2, 0.25) is 5.02 Å². The fourth-order valence-electron chi connectivity index (χ4n) is 2.41. The lowest BCUT2D eigenvalue weighted by atomic mass is 10.0. The van der Waals surface area contributed by atoms with Gasteiger partial charge in [-0.2, -0.15) is 0 Å². The van der Waals surface area contributed by atoms with E-state index >= 15 is 0 Å². The molecule has 1 heterocycles. The Bertz CT molecular complexity index is 556. The standard InChI is InChI=1S/C15H20ClN3S/c1-3-9-19(4-2)14(13-10-18-15(17)20-13)11-7-5-6-8-12(11)16/h5-8,10,14H,3-4,9H2,1-2H3,(H2,17,18). The first-order valence-corrected chi connectivity index (χ1v) is 8.06. The highest BCUT2D eigenvalue weighted by atomic mass is 35.5. The number of hydrogen-bond acceptors (Lipinski definition) is 4. The van der Waals surface area contributed by atoms with Crippen molar-refractivity contribution in [3.8, 4) is 0 Å². The second-order valence-electron chi connectivity index (χ2n) is 4.65. The maximum absolute atomic E-state index is 6.40. The first-order chi connectivity index (χ1) is 9.67. The van der Waals surface area contributed by atoms with Crippen molar-refractivity contribution >= 4 is 28.1 Å². The molecule has 2 rings (SSSR count). The monoisotopic (exact) mass is 309 g/mol. The average molecular weight is 310 g/mol. The van der Waals surface area contributed by atoms with Crippen molar-refractivity contribution in [3.63, 3.8) is 0 Å². The molecule has 0 amide bonds. The maximum Gasteiger partial charge on any atom is 0.180 e. The van der Waals surface area contributed by atoms with Gasteiger partial charge in [0.15, 0.2) is 5.13 Å². The van der Waals surface area contributed by atoms with Gasteiger partial charge in [0.05, 0.1) is 6.04 Å². The molecule has 2 N–H and O–H groups in total.